The van der Waals surface area contributed by atoms with E-state index in [0.29, 0.717) is 21.2 Å². The molecule has 1 N–H and O–H groups in total. The molecule has 40 heavy (non-hydrogen) atoms. The number of carbonyl (C=O) groups excluding carboxylic acids is 1. The Morgan fingerprint density at radius 3 is 2.67 bits per heavy atom. The molecule has 0 unspecified atom stereocenters. The molecule has 0 saturated carbocycles. The maximum absolute atomic E-state index is 13.3. The average molecular weight is 631 g/mol. The fraction of sp³-hybridized carbons (Fsp3) is 0.185. The molecule has 206 valence electrons. The molecule has 4 aromatic rings. The molecule has 3 aromatic carbocycles. The zero-order valence-electron chi connectivity index (χ0n) is 21.4. The number of benzene rings is 3. The Balaban J connectivity index is 1.66. The molecule has 0 saturated heterocycles. The van der Waals surface area contributed by atoms with Crippen LogP contribution < -0.4 is 15.6 Å². The molecule has 0 radical (unpaired) electrons. The molecule has 1 aromatic heterocycles. The fourth-order valence-corrected chi connectivity index (χ4v) is 4.36. The number of nitro benzene ring substituents is 1. The summed E-state index contributed by atoms with van der Waals surface area (Å²) in [6.45, 7) is 5.02. The van der Waals surface area contributed by atoms with E-state index in [2.05, 4.69) is 31.3 Å². The van der Waals surface area contributed by atoms with Gasteiger partial charge in [-0.3, -0.25) is 19.7 Å². The summed E-state index contributed by atoms with van der Waals surface area (Å²) in [6.07, 6.45) is 1.25. The summed E-state index contributed by atoms with van der Waals surface area (Å²) in [6, 6.07) is 12.9. The number of ether oxygens (including phenoxy) is 1. The van der Waals surface area contributed by atoms with E-state index in [9.17, 15) is 24.1 Å². The SMILES string of the molecule is CC(C)(C)c1nc2ccc(Br)cc2c(=O)n1N=Cc1cc(Cl)c(OCC(=O)Nc2cccc(F)c2)c([N+](=O)[O-])c1. The third-order valence-corrected chi connectivity index (χ3v) is 6.27. The molecular formula is C27H22BrClFN5O5. The van der Waals surface area contributed by atoms with Crippen LogP contribution >= 0.6 is 27.5 Å². The van der Waals surface area contributed by atoms with E-state index in [1.165, 1.54) is 30.5 Å². The number of carbonyl (C=O) groups is 1. The first-order valence-electron chi connectivity index (χ1n) is 11.8. The standard InChI is InChI=1S/C27H22BrClFN5O5/c1-27(2,3)26-33-21-8-7-16(28)11-19(21)25(37)34(26)31-13-15-9-20(29)24(22(10-15)35(38)39)40-14-23(36)32-18-6-4-5-17(30)12-18/h4-13H,14H2,1-3H3,(H,32,36). The van der Waals surface area contributed by atoms with E-state index >= 15 is 0 Å². The lowest BCUT2D eigenvalue weighted by molar-refractivity contribution is -0.385. The van der Waals surface area contributed by atoms with Crippen molar-refractivity contribution in [1.29, 1.82) is 0 Å². The molecule has 0 aliphatic heterocycles. The number of fused-ring (bicyclic) bond motifs is 1. The van der Waals surface area contributed by atoms with Crippen molar-refractivity contribution < 1.29 is 18.8 Å². The van der Waals surface area contributed by atoms with E-state index in [1.54, 1.807) is 18.2 Å². The number of hydrogen-bond acceptors (Lipinski definition) is 7. The minimum atomic E-state index is -0.717. The molecule has 1 heterocycles. The second kappa shape index (κ2) is 11.5. The molecule has 4 rings (SSSR count). The van der Waals surface area contributed by atoms with Gasteiger partial charge in [-0.15, -0.1) is 0 Å². The van der Waals surface area contributed by atoms with Gasteiger partial charge >= 0.3 is 5.69 Å². The van der Waals surface area contributed by atoms with E-state index in [4.69, 9.17) is 16.3 Å². The lowest BCUT2D eigenvalue weighted by Crippen LogP contribution is -2.29. The van der Waals surface area contributed by atoms with Crippen molar-refractivity contribution in [3.05, 3.63) is 102 Å². The minimum Gasteiger partial charge on any atom is -0.476 e. The quantitative estimate of drug-likeness (QED) is 0.150. The minimum absolute atomic E-state index is 0.154. The number of amides is 1. The van der Waals surface area contributed by atoms with Gasteiger partial charge in [0, 0.05) is 27.2 Å². The van der Waals surface area contributed by atoms with Crippen LogP contribution in [0.1, 0.15) is 32.2 Å². The number of nitrogens with zero attached hydrogens (tertiary/aromatic N) is 4. The Morgan fingerprint density at radius 1 is 1.25 bits per heavy atom. The highest BCUT2D eigenvalue weighted by Gasteiger charge is 2.24. The molecule has 10 nitrogen and oxygen atoms in total. The van der Waals surface area contributed by atoms with E-state index in [0.717, 1.165) is 16.8 Å². The number of nitrogens with one attached hydrogen (secondary N) is 1. The van der Waals surface area contributed by atoms with E-state index < -0.39 is 39.9 Å². The summed E-state index contributed by atoms with van der Waals surface area (Å²) < 4.78 is 20.6. The van der Waals surface area contributed by atoms with Crippen molar-refractivity contribution in [1.82, 2.24) is 9.66 Å². The fourth-order valence-electron chi connectivity index (χ4n) is 3.72. The van der Waals surface area contributed by atoms with Crippen LogP contribution in [0.15, 0.2) is 69.0 Å². The first-order valence-corrected chi connectivity index (χ1v) is 12.9. The maximum atomic E-state index is 13.3. The van der Waals surface area contributed by atoms with Gasteiger partial charge in [-0.1, -0.05) is 54.4 Å². The van der Waals surface area contributed by atoms with Crippen molar-refractivity contribution in [3.8, 4) is 5.75 Å². The molecular weight excluding hydrogens is 609 g/mol. The maximum Gasteiger partial charge on any atom is 0.313 e. The molecule has 13 heteroatoms. The Labute approximate surface area is 240 Å². The van der Waals surface area contributed by atoms with Crippen LogP contribution in [0.3, 0.4) is 0 Å². The second-order valence-electron chi connectivity index (χ2n) is 9.66. The third kappa shape index (κ3) is 6.52. The highest BCUT2D eigenvalue weighted by Crippen LogP contribution is 2.36. The van der Waals surface area contributed by atoms with Crippen molar-refractivity contribution >= 4 is 61.9 Å². The molecule has 0 bridgehead atoms. The summed E-state index contributed by atoms with van der Waals surface area (Å²) >= 11 is 9.65. The van der Waals surface area contributed by atoms with Crippen molar-refractivity contribution in [2.45, 2.75) is 26.2 Å². The number of anilines is 1. The topological polar surface area (TPSA) is 129 Å². The van der Waals surface area contributed by atoms with Crippen LogP contribution in [0, 0.1) is 15.9 Å². The number of nitro groups is 1. The Bertz CT molecular complexity index is 1740. The van der Waals surface area contributed by atoms with Gasteiger partial charge in [0.2, 0.25) is 5.75 Å². The first-order chi connectivity index (χ1) is 18.8. The zero-order valence-corrected chi connectivity index (χ0v) is 23.8. The van der Waals surface area contributed by atoms with Crippen LogP contribution in [-0.2, 0) is 10.2 Å². The van der Waals surface area contributed by atoms with Gasteiger partial charge in [-0.2, -0.15) is 9.78 Å². The summed E-state index contributed by atoms with van der Waals surface area (Å²) in [5.74, 6) is -1.17. The van der Waals surface area contributed by atoms with Crippen LogP contribution in [0.5, 0.6) is 5.75 Å². The van der Waals surface area contributed by atoms with Crippen LogP contribution in [0.2, 0.25) is 5.02 Å². The molecule has 0 aliphatic carbocycles. The van der Waals surface area contributed by atoms with Crippen molar-refractivity contribution in [3.63, 3.8) is 0 Å². The smallest absolute Gasteiger partial charge is 0.313 e. The van der Waals surface area contributed by atoms with Gasteiger partial charge in [-0.25, -0.2) is 9.37 Å². The van der Waals surface area contributed by atoms with Gasteiger partial charge in [0.25, 0.3) is 11.5 Å². The lowest BCUT2D eigenvalue weighted by atomic mass is 9.95. The Kier molecular flexibility index (Phi) is 8.31. The van der Waals surface area contributed by atoms with Crippen LogP contribution in [-0.4, -0.2) is 33.3 Å². The summed E-state index contributed by atoms with van der Waals surface area (Å²) in [5.41, 5.74) is -0.596. The lowest BCUT2D eigenvalue weighted by Gasteiger charge is -2.20. The largest absolute Gasteiger partial charge is 0.476 e. The third-order valence-electron chi connectivity index (χ3n) is 5.50. The molecule has 0 atom stereocenters. The van der Waals surface area contributed by atoms with E-state index in [-0.39, 0.29) is 22.0 Å². The Hall–Kier alpha value is -4.16. The first kappa shape index (κ1) is 28.8. The molecule has 0 spiro atoms. The van der Waals surface area contributed by atoms with Crippen molar-refractivity contribution in [2.75, 3.05) is 11.9 Å². The monoisotopic (exact) mass is 629 g/mol. The van der Waals surface area contributed by atoms with Crippen molar-refractivity contribution in [2.24, 2.45) is 5.10 Å². The second-order valence-corrected chi connectivity index (χ2v) is 11.0. The predicted molar refractivity (Wildman–Crippen MR) is 154 cm³/mol. The summed E-state index contributed by atoms with van der Waals surface area (Å²) in [7, 11) is 0. The molecule has 1 amide bonds. The number of halogens is 3. The summed E-state index contributed by atoms with van der Waals surface area (Å²) in [4.78, 5) is 41.3. The summed E-state index contributed by atoms with van der Waals surface area (Å²) in [5, 5.41) is 18.7. The highest BCUT2D eigenvalue weighted by atomic mass is 79.9. The normalized spacial score (nSPS) is 11.7. The van der Waals surface area contributed by atoms with Crippen LogP contribution in [0.25, 0.3) is 10.9 Å². The van der Waals surface area contributed by atoms with Gasteiger partial charge in [0.15, 0.2) is 6.61 Å². The number of hydrogen-bond donors (Lipinski definition) is 1. The number of aromatic nitrogens is 2. The number of rotatable bonds is 7. The molecule has 0 aliphatic rings. The van der Waals surface area contributed by atoms with Gasteiger partial charge in [-0.05, 0) is 42.5 Å². The zero-order chi connectivity index (χ0) is 29.2. The molecule has 0 fully saturated rings. The van der Waals surface area contributed by atoms with E-state index in [1.807, 2.05) is 20.8 Å². The predicted octanol–water partition coefficient (Wildman–Crippen LogP) is 6.06. The Morgan fingerprint density at radius 2 is 2.00 bits per heavy atom. The van der Waals surface area contributed by atoms with Gasteiger partial charge in [0.1, 0.15) is 11.6 Å². The average Bonchev–Trinajstić information content (AvgIpc) is 2.86. The van der Waals surface area contributed by atoms with Gasteiger partial charge in [0.05, 0.1) is 27.1 Å². The van der Waals surface area contributed by atoms with Crippen LogP contribution in [0.4, 0.5) is 15.8 Å². The highest BCUT2D eigenvalue weighted by molar-refractivity contribution is 9.10. The van der Waals surface area contributed by atoms with Gasteiger partial charge < -0.3 is 10.1 Å².